The third-order valence-electron chi connectivity index (χ3n) is 3.35. The molecule has 7 heteroatoms. The van der Waals surface area contributed by atoms with Gasteiger partial charge in [-0.1, -0.05) is 18.2 Å². The molecule has 0 bridgehead atoms. The van der Waals surface area contributed by atoms with Crippen LogP contribution in [0, 0.1) is 0 Å². The van der Waals surface area contributed by atoms with Crippen LogP contribution in [-0.4, -0.2) is 58.0 Å². The van der Waals surface area contributed by atoms with Gasteiger partial charge in [-0.2, -0.15) is 10.2 Å². The molecule has 0 amide bonds. The smallest absolute Gasteiger partial charge is 0.119 e. The molecule has 0 atom stereocenters. The van der Waals surface area contributed by atoms with Crippen LogP contribution in [0.15, 0.2) is 64.8 Å². The van der Waals surface area contributed by atoms with Crippen molar-refractivity contribution in [2.45, 2.75) is 0 Å². The van der Waals surface area contributed by atoms with Gasteiger partial charge in [-0.15, -0.1) is 0 Å². The maximum absolute atomic E-state index is 8.55. The summed E-state index contributed by atoms with van der Waals surface area (Å²) in [5.41, 5.74) is 1.58. The normalized spacial score (nSPS) is 11.1. The van der Waals surface area contributed by atoms with Crippen molar-refractivity contribution in [2.75, 3.05) is 52.9 Å². The van der Waals surface area contributed by atoms with Crippen molar-refractivity contribution in [1.29, 1.82) is 0 Å². The first kappa shape index (κ1) is 21.0. The minimum Gasteiger partial charge on any atom is -0.491 e. The standard InChI is InChI=1S/C20H26N2O5/c23-10-11-24-12-13-25-14-15-26-16-17-27-20-8-6-19(7-9-20)22-21-18-4-2-1-3-5-18/h1-9,23H,10-17H2. The summed E-state index contributed by atoms with van der Waals surface area (Å²) in [5.74, 6) is 0.759. The van der Waals surface area contributed by atoms with Crippen LogP contribution in [0.1, 0.15) is 0 Å². The Morgan fingerprint density at radius 2 is 1.11 bits per heavy atom. The first-order valence-electron chi connectivity index (χ1n) is 8.92. The largest absolute Gasteiger partial charge is 0.491 e. The van der Waals surface area contributed by atoms with Gasteiger partial charge >= 0.3 is 0 Å². The SMILES string of the molecule is OCCOCCOCCOCCOc1ccc(N=Nc2ccccc2)cc1. The van der Waals surface area contributed by atoms with E-state index in [-0.39, 0.29) is 6.61 Å². The first-order chi connectivity index (χ1) is 13.4. The molecule has 0 aromatic heterocycles. The van der Waals surface area contributed by atoms with E-state index in [0.29, 0.717) is 46.2 Å². The predicted octanol–water partition coefficient (Wildman–Crippen LogP) is 3.52. The number of hydrogen-bond acceptors (Lipinski definition) is 7. The second-order valence-electron chi connectivity index (χ2n) is 5.44. The Labute approximate surface area is 159 Å². The molecule has 0 radical (unpaired) electrons. The molecule has 0 aliphatic heterocycles. The van der Waals surface area contributed by atoms with E-state index in [1.807, 2.05) is 54.6 Å². The summed E-state index contributed by atoms with van der Waals surface area (Å²) in [6, 6.07) is 17.0. The first-order valence-corrected chi connectivity index (χ1v) is 8.92. The second-order valence-corrected chi connectivity index (χ2v) is 5.44. The second kappa shape index (κ2) is 13.8. The maximum atomic E-state index is 8.55. The van der Waals surface area contributed by atoms with Crippen LogP contribution >= 0.6 is 0 Å². The highest BCUT2D eigenvalue weighted by Crippen LogP contribution is 2.20. The molecule has 0 saturated heterocycles. The molecule has 0 aliphatic rings. The zero-order valence-electron chi connectivity index (χ0n) is 15.3. The van der Waals surface area contributed by atoms with Crippen LogP contribution in [0.3, 0.4) is 0 Å². The van der Waals surface area contributed by atoms with E-state index in [4.69, 9.17) is 24.1 Å². The van der Waals surface area contributed by atoms with Gasteiger partial charge in [0, 0.05) is 0 Å². The van der Waals surface area contributed by atoms with Crippen molar-refractivity contribution < 1.29 is 24.1 Å². The Morgan fingerprint density at radius 3 is 1.70 bits per heavy atom. The molecule has 2 aromatic rings. The average Bonchev–Trinajstić information content (AvgIpc) is 2.72. The van der Waals surface area contributed by atoms with Gasteiger partial charge in [0.2, 0.25) is 0 Å². The van der Waals surface area contributed by atoms with Crippen LogP contribution in [-0.2, 0) is 14.2 Å². The average molecular weight is 374 g/mol. The van der Waals surface area contributed by atoms with Crippen LogP contribution in [0.25, 0.3) is 0 Å². The van der Waals surface area contributed by atoms with Crippen molar-refractivity contribution in [2.24, 2.45) is 10.2 Å². The number of nitrogens with zero attached hydrogens (tertiary/aromatic N) is 2. The Balaban J connectivity index is 1.52. The number of azo groups is 1. The van der Waals surface area contributed by atoms with Gasteiger partial charge in [-0.05, 0) is 36.4 Å². The molecule has 2 aromatic carbocycles. The molecule has 146 valence electrons. The van der Waals surface area contributed by atoms with E-state index in [9.17, 15) is 0 Å². The number of benzene rings is 2. The van der Waals surface area contributed by atoms with E-state index in [1.54, 1.807) is 0 Å². The quantitative estimate of drug-likeness (QED) is 0.404. The molecule has 0 aliphatic carbocycles. The van der Waals surface area contributed by atoms with Crippen LogP contribution in [0.2, 0.25) is 0 Å². The predicted molar refractivity (Wildman–Crippen MR) is 102 cm³/mol. The van der Waals surface area contributed by atoms with Crippen LogP contribution in [0.4, 0.5) is 11.4 Å². The van der Waals surface area contributed by atoms with Gasteiger partial charge in [0.1, 0.15) is 12.4 Å². The zero-order valence-corrected chi connectivity index (χ0v) is 15.3. The number of ether oxygens (including phenoxy) is 4. The molecule has 2 rings (SSSR count). The molecule has 27 heavy (non-hydrogen) atoms. The molecule has 0 saturated carbocycles. The van der Waals surface area contributed by atoms with Gasteiger partial charge in [-0.3, -0.25) is 0 Å². The molecule has 0 fully saturated rings. The van der Waals surface area contributed by atoms with E-state index in [1.165, 1.54) is 0 Å². The number of aliphatic hydroxyl groups is 1. The van der Waals surface area contributed by atoms with E-state index in [0.717, 1.165) is 17.1 Å². The molecule has 0 spiro atoms. The van der Waals surface area contributed by atoms with Crippen LogP contribution < -0.4 is 4.74 Å². The molecular weight excluding hydrogens is 348 g/mol. The van der Waals surface area contributed by atoms with E-state index < -0.39 is 0 Å². The Morgan fingerprint density at radius 1 is 0.593 bits per heavy atom. The fourth-order valence-electron chi connectivity index (χ4n) is 2.04. The van der Waals surface area contributed by atoms with Crippen molar-refractivity contribution in [1.82, 2.24) is 0 Å². The fraction of sp³-hybridized carbons (Fsp3) is 0.400. The minimum atomic E-state index is 0.0314. The van der Waals surface area contributed by atoms with Gasteiger partial charge in [-0.25, -0.2) is 0 Å². The van der Waals surface area contributed by atoms with E-state index >= 15 is 0 Å². The molecule has 7 nitrogen and oxygen atoms in total. The van der Waals surface area contributed by atoms with Crippen molar-refractivity contribution >= 4 is 11.4 Å². The summed E-state index contributed by atoms with van der Waals surface area (Å²) in [6.07, 6.45) is 0. The lowest BCUT2D eigenvalue weighted by Gasteiger charge is -2.08. The van der Waals surface area contributed by atoms with Crippen molar-refractivity contribution in [3.63, 3.8) is 0 Å². The Bertz CT molecular complexity index is 635. The van der Waals surface area contributed by atoms with Crippen molar-refractivity contribution in [3.05, 3.63) is 54.6 Å². The fourth-order valence-corrected chi connectivity index (χ4v) is 2.04. The zero-order chi connectivity index (χ0) is 19.0. The van der Waals surface area contributed by atoms with Crippen molar-refractivity contribution in [3.8, 4) is 5.75 Å². The lowest BCUT2D eigenvalue weighted by Crippen LogP contribution is -2.13. The third kappa shape index (κ3) is 9.81. The summed E-state index contributed by atoms with van der Waals surface area (Å²) < 4.78 is 21.4. The molecule has 0 unspecified atom stereocenters. The minimum absolute atomic E-state index is 0.0314. The summed E-state index contributed by atoms with van der Waals surface area (Å²) >= 11 is 0. The Kier molecular flexibility index (Phi) is 10.7. The monoisotopic (exact) mass is 374 g/mol. The van der Waals surface area contributed by atoms with E-state index in [2.05, 4.69) is 10.2 Å². The lowest BCUT2D eigenvalue weighted by atomic mass is 10.3. The highest BCUT2D eigenvalue weighted by atomic mass is 16.6. The third-order valence-corrected chi connectivity index (χ3v) is 3.35. The summed E-state index contributed by atoms with van der Waals surface area (Å²) in [4.78, 5) is 0. The summed E-state index contributed by atoms with van der Waals surface area (Å²) in [6.45, 7) is 3.30. The number of aliphatic hydroxyl groups excluding tert-OH is 1. The molecule has 0 heterocycles. The summed E-state index contributed by atoms with van der Waals surface area (Å²) in [7, 11) is 0. The topological polar surface area (TPSA) is 81.9 Å². The van der Waals surface area contributed by atoms with Gasteiger partial charge in [0.05, 0.1) is 57.6 Å². The summed E-state index contributed by atoms with van der Waals surface area (Å²) in [5, 5.41) is 16.9. The van der Waals surface area contributed by atoms with Gasteiger partial charge in [0.15, 0.2) is 0 Å². The lowest BCUT2D eigenvalue weighted by molar-refractivity contribution is 0.00361. The van der Waals surface area contributed by atoms with Crippen LogP contribution in [0.5, 0.6) is 5.75 Å². The Hall–Kier alpha value is -2.32. The van der Waals surface area contributed by atoms with Gasteiger partial charge < -0.3 is 24.1 Å². The highest BCUT2D eigenvalue weighted by molar-refractivity contribution is 5.42. The van der Waals surface area contributed by atoms with Gasteiger partial charge in [0.25, 0.3) is 0 Å². The number of hydrogen-bond donors (Lipinski definition) is 1. The molecule has 1 N–H and O–H groups in total. The molecular formula is C20H26N2O5. The highest BCUT2D eigenvalue weighted by Gasteiger charge is 1.96. The number of rotatable bonds is 14. The maximum Gasteiger partial charge on any atom is 0.119 e.